The summed E-state index contributed by atoms with van der Waals surface area (Å²) < 4.78 is 6.95. The molecule has 0 saturated heterocycles. The largest absolute Gasteiger partial charge is 0.478 e. The summed E-state index contributed by atoms with van der Waals surface area (Å²) in [5.74, 6) is 0.103. The van der Waals surface area contributed by atoms with Crippen LogP contribution in [0.15, 0.2) is 41.1 Å². The van der Waals surface area contributed by atoms with Crippen LogP contribution >= 0.6 is 11.6 Å². The first-order valence-corrected chi connectivity index (χ1v) is 5.49. The van der Waals surface area contributed by atoms with Crippen molar-refractivity contribution >= 4 is 23.1 Å². The van der Waals surface area contributed by atoms with E-state index in [4.69, 9.17) is 21.1 Å². The number of rotatable bonds is 2. The van der Waals surface area contributed by atoms with E-state index in [9.17, 15) is 4.79 Å². The second-order valence-electron chi connectivity index (χ2n) is 3.68. The van der Waals surface area contributed by atoms with Gasteiger partial charge in [0.25, 0.3) is 0 Å². The van der Waals surface area contributed by atoms with E-state index < -0.39 is 5.97 Å². The maximum absolute atomic E-state index is 10.9. The van der Waals surface area contributed by atoms with E-state index in [-0.39, 0.29) is 10.7 Å². The molecule has 5 nitrogen and oxygen atoms in total. The van der Waals surface area contributed by atoms with Gasteiger partial charge in [0, 0.05) is 6.20 Å². The van der Waals surface area contributed by atoms with Gasteiger partial charge in [-0.2, -0.15) is 0 Å². The fourth-order valence-corrected chi connectivity index (χ4v) is 1.99. The first kappa shape index (κ1) is 10.9. The zero-order chi connectivity index (χ0) is 12.7. The molecule has 0 unspecified atom stereocenters. The molecule has 3 aromatic rings. The molecule has 18 heavy (non-hydrogen) atoms. The van der Waals surface area contributed by atoms with Gasteiger partial charge in [-0.3, -0.25) is 4.40 Å². The number of nitrogens with zero attached hydrogens (tertiary/aromatic N) is 2. The molecule has 0 aromatic carbocycles. The Bertz CT molecular complexity index is 731. The van der Waals surface area contributed by atoms with Crippen molar-refractivity contribution in [1.29, 1.82) is 0 Å². The van der Waals surface area contributed by atoms with Crippen molar-refractivity contribution in [2.75, 3.05) is 0 Å². The van der Waals surface area contributed by atoms with Crippen molar-refractivity contribution in [3.63, 3.8) is 0 Å². The van der Waals surface area contributed by atoms with Crippen LogP contribution in [-0.2, 0) is 0 Å². The molecule has 3 rings (SSSR count). The number of hydrogen-bond donors (Lipinski definition) is 1. The lowest BCUT2D eigenvalue weighted by Gasteiger charge is -1.99. The highest BCUT2D eigenvalue weighted by molar-refractivity contribution is 6.33. The second kappa shape index (κ2) is 3.89. The molecule has 3 aromatic heterocycles. The fraction of sp³-hybridized carbons (Fsp3) is 0. The molecule has 0 atom stereocenters. The van der Waals surface area contributed by atoms with Gasteiger partial charge in [-0.1, -0.05) is 11.6 Å². The summed E-state index contributed by atoms with van der Waals surface area (Å²) in [6.45, 7) is 0. The molecule has 0 saturated carbocycles. The average molecular weight is 263 g/mol. The molecule has 90 valence electrons. The monoisotopic (exact) mass is 262 g/mol. The summed E-state index contributed by atoms with van der Waals surface area (Å²) >= 11 is 6.00. The fourth-order valence-electron chi connectivity index (χ4n) is 1.76. The summed E-state index contributed by atoms with van der Waals surface area (Å²) in [7, 11) is 0. The van der Waals surface area contributed by atoms with Crippen molar-refractivity contribution in [3.05, 3.63) is 47.4 Å². The molecule has 0 aliphatic heterocycles. The minimum absolute atomic E-state index is 0.162. The Morgan fingerprint density at radius 2 is 2.28 bits per heavy atom. The number of carbonyl (C=O) groups is 1. The Labute approximate surface area is 106 Å². The van der Waals surface area contributed by atoms with Crippen LogP contribution in [0, 0.1) is 0 Å². The summed E-state index contributed by atoms with van der Waals surface area (Å²) in [4.78, 5) is 15.1. The number of fused-ring (bicyclic) bond motifs is 1. The van der Waals surface area contributed by atoms with Crippen LogP contribution in [0.1, 0.15) is 10.4 Å². The predicted octanol–water partition coefficient (Wildman–Crippen LogP) is 2.95. The quantitative estimate of drug-likeness (QED) is 0.771. The third-order valence-corrected chi connectivity index (χ3v) is 2.87. The van der Waals surface area contributed by atoms with Crippen molar-refractivity contribution in [1.82, 2.24) is 9.38 Å². The van der Waals surface area contributed by atoms with Crippen LogP contribution < -0.4 is 0 Å². The van der Waals surface area contributed by atoms with E-state index >= 15 is 0 Å². The lowest BCUT2D eigenvalue weighted by atomic mass is 10.2. The van der Waals surface area contributed by atoms with Gasteiger partial charge in [0.05, 0.1) is 17.3 Å². The minimum atomic E-state index is -1.01. The molecule has 1 N–H and O–H groups in total. The van der Waals surface area contributed by atoms with Gasteiger partial charge in [0.2, 0.25) is 0 Å². The van der Waals surface area contributed by atoms with Crippen LogP contribution in [-0.4, -0.2) is 20.5 Å². The maximum Gasteiger partial charge on any atom is 0.335 e. The number of furan rings is 1. The van der Waals surface area contributed by atoms with Gasteiger partial charge in [-0.05, 0) is 24.3 Å². The molecule has 0 aliphatic carbocycles. The van der Waals surface area contributed by atoms with Crippen molar-refractivity contribution < 1.29 is 14.3 Å². The topological polar surface area (TPSA) is 67.7 Å². The number of carboxylic acids is 1. The lowest BCUT2D eigenvalue weighted by Crippen LogP contribution is -1.97. The van der Waals surface area contributed by atoms with Gasteiger partial charge in [-0.25, -0.2) is 9.78 Å². The SMILES string of the molecule is O=C(O)c1ccn2c(-c3ccco3)nc(Cl)c2c1. The Hall–Kier alpha value is -2.27. The molecule has 0 radical (unpaired) electrons. The molecule has 0 spiro atoms. The van der Waals surface area contributed by atoms with Gasteiger partial charge in [0.1, 0.15) is 0 Å². The first-order valence-electron chi connectivity index (χ1n) is 5.11. The molecule has 6 heteroatoms. The Kier molecular flexibility index (Phi) is 2.34. The highest BCUT2D eigenvalue weighted by Gasteiger charge is 2.15. The molecule has 0 bridgehead atoms. The van der Waals surface area contributed by atoms with E-state index in [0.717, 1.165) is 0 Å². The highest BCUT2D eigenvalue weighted by Crippen LogP contribution is 2.26. The Morgan fingerprint density at radius 1 is 1.44 bits per heavy atom. The van der Waals surface area contributed by atoms with E-state index in [1.807, 2.05) is 0 Å². The third kappa shape index (κ3) is 1.56. The van der Waals surface area contributed by atoms with Crippen molar-refractivity contribution in [2.24, 2.45) is 0 Å². The zero-order valence-electron chi connectivity index (χ0n) is 9.00. The van der Waals surface area contributed by atoms with Gasteiger partial charge >= 0.3 is 5.97 Å². The minimum Gasteiger partial charge on any atom is -0.478 e. The number of pyridine rings is 1. The van der Waals surface area contributed by atoms with E-state index in [2.05, 4.69) is 4.98 Å². The summed E-state index contributed by atoms with van der Waals surface area (Å²) in [5.41, 5.74) is 0.693. The van der Waals surface area contributed by atoms with Gasteiger partial charge in [0.15, 0.2) is 16.7 Å². The van der Waals surface area contributed by atoms with Crippen LogP contribution in [0.2, 0.25) is 5.15 Å². The highest BCUT2D eigenvalue weighted by atomic mass is 35.5. The predicted molar refractivity (Wildman–Crippen MR) is 64.9 cm³/mol. The number of imidazole rings is 1. The maximum atomic E-state index is 10.9. The summed E-state index contributed by atoms with van der Waals surface area (Å²) in [5, 5.41) is 9.17. The smallest absolute Gasteiger partial charge is 0.335 e. The Balaban J connectivity index is 2.28. The number of aromatic nitrogens is 2. The van der Waals surface area contributed by atoms with Crippen LogP contribution in [0.3, 0.4) is 0 Å². The van der Waals surface area contributed by atoms with Crippen LogP contribution in [0.5, 0.6) is 0 Å². The molecule has 0 fully saturated rings. The molecule has 0 amide bonds. The number of carboxylic acid groups (broad SMARTS) is 1. The van der Waals surface area contributed by atoms with Gasteiger partial charge in [-0.15, -0.1) is 0 Å². The summed E-state index contributed by atoms with van der Waals surface area (Å²) in [6, 6.07) is 6.47. The number of hydrogen-bond acceptors (Lipinski definition) is 3. The zero-order valence-corrected chi connectivity index (χ0v) is 9.76. The molecule has 3 heterocycles. The first-order chi connectivity index (χ1) is 8.66. The Morgan fingerprint density at radius 3 is 2.94 bits per heavy atom. The van der Waals surface area contributed by atoms with Crippen LogP contribution in [0.4, 0.5) is 0 Å². The number of aromatic carboxylic acids is 1. The van der Waals surface area contributed by atoms with E-state index in [1.165, 1.54) is 18.4 Å². The van der Waals surface area contributed by atoms with Gasteiger partial charge < -0.3 is 9.52 Å². The average Bonchev–Trinajstić information content (AvgIpc) is 2.97. The third-order valence-electron chi connectivity index (χ3n) is 2.59. The van der Waals surface area contributed by atoms with Crippen molar-refractivity contribution in [3.8, 4) is 11.6 Å². The molecular weight excluding hydrogens is 256 g/mol. The molecular formula is C12H7ClN2O3. The normalized spacial score (nSPS) is 10.9. The molecule has 0 aliphatic rings. The van der Waals surface area contributed by atoms with Crippen molar-refractivity contribution in [2.45, 2.75) is 0 Å². The van der Waals surface area contributed by atoms with E-state index in [1.54, 1.807) is 22.7 Å². The van der Waals surface area contributed by atoms with E-state index in [0.29, 0.717) is 17.1 Å². The van der Waals surface area contributed by atoms with Crippen LogP contribution in [0.25, 0.3) is 17.1 Å². The lowest BCUT2D eigenvalue weighted by molar-refractivity contribution is 0.0697. The number of halogens is 1. The second-order valence-corrected chi connectivity index (χ2v) is 4.04. The summed E-state index contributed by atoms with van der Waals surface area (Å²) in [6.07, 6.45) is 3.14. The standard InChI is InChI=1S/C12H7ClN2O3/c13-10-8-6-7(12(16)17)3-4-15(8)11(14-10)9-2-1-5-18-9/h1-6H,(H,16,17).